The zero-order valence-electron chi connectivity index (χ0n) is 15.0. The topological polar surface area (TPSA) is 129 Å². The van der Waals surface area contributed by atoms with Gasteiger partial charge in [-0.2, -0.15) is 26.9 Å². The van der Waals surface area contributed by atoms with E-state index in [1.54, 1.807) is 4.90 Å². The minimum Gasteiger partial charge on any atom is -0.367 e. The van der Waals surface area contributed by atoms with E-state index < -0.39 is 46.2 Å². The Morgan fingerprint density at radius 3 is 2.55 bits per heavy atom. The molecule has 29 heavy (non-hydrogen) atoms. The molecule has 1 aliphatic carbocycles. The van der Waals surface area contributed by atoms with E-state index in [1.807, 2.05) is 0 Å². The smallest absolute Gasteiger partial charge is 0.367 e. The van der Waals surface area contributed by atoms with Gasteiger partial charge in [-0.05, 0) is 31.6 Å². The number of halogens is 4. The summed E-state index contributed by atoms with van der Waals surface area (Å²) in [6, 6.07) is 0.952. The Hall–Kier alpha value is -1.62. The molecular weight excluding hydrogens is 441 g/mol. The molecule has 3 aliphatic rings. The first-order valence-electron chi connectivity index (χ1n) is 8.73. The summed E-state index contributed by atoms with van der Waals surface area (Å²) in [5.41, 5.74) is -5.58. The molecule has 0 aromatic heterocycles. The molecule has 2 saturated heterocycles. The molecule has 2 heterocycles. The lowest BCUT2D eigenvalue weighted by molar-refractivity contribution is -0.136. The number of carbonyl (C=O) groups excluding carboxylic acids is 2. The summed E-state index contributed by atoms with van der Waals surface area (Å²) in [7, 11) is -5.76. The Bertz CT molecular complexity index is 803. The van der Waals surface area contributed by atoms with E-state index in [-0.39, 0.29) is 30.3 Å². The number of fused-ring (bicyclic) bond motifs is 2. The first-order valence-corrected chi connectivity index (χ1v) is 10.2. The van der Waals surface area contributed by atoms with E-state index in [0.717, 1.165) is 11.1 Å². The Morgan fingerprint density at radius 2 is 2.00 bits per heavy atom. The number of nitrogens with zero attached hydrogens (tertiary/aromatic N) is 2. The van der Waals surface area contributed by atoms with Crippen LogP contribution in [0.25, 0.3) is 0 Å². The van der Waals surface area contributed by atoms with Crippen LogP contribution in [0.4, 0.5) is 13.2 Å². The maximum absolute atomic E-state index is 12.7. The van der Waals surface area contributed by atoms with Gasteiger partial charge in [0.2, 0.25) is 5.91 Å². The fourth-order valence-electron chi connectivity index (χ4n) is 4.07. The Balaban J connectivity index is 0.00000300. The number of carbonyl (C=O) groups is 2. The van der Waals surface area contributed by atoms with Crippen LogP contribution in [0.3, 0.4) is 0 Å². The monoisotopic (exact) mass is 460 g/mol. The van der Waals surface area contributed by atoms with Crippen LogP contribution < -0.4 is 10.0 Å². The highest BCUT2D eigenvalue weighted by atomic mass is 35.5. The van der Waals surface area contributed by atoms with Crippen LogP contribution >= 0.6 is 12.4 Å². The van der Waals surface area contributed by atoms with Crippen LogP contribution in [-0.4, -0.2) is 68.0 Å². The number of amides is 2. The number of hydrogen-bond donors (Lipinski definition) is 2. The molecular formula is C15H20ClF3N4O5S. The number of nitriles is 1. The Labute approximate surface area is 171 Å². The molecule has 3 fully saturated rings. The van der Waals surface area contributed by atoms with Gasteiger partial charge < -0.3 is 15.0 Å². The molecule has 0 aromatic carbocycles. The van der Waals surface area contributed by atoms with E-state index in [2.05, 4.69) is 11.4 Å². The van der Waals surface area contributed by atoms with Gasteiger partial charge in [0, 0.05) is 12.6 Å². The van der Waals surface area contributed by atoms with Gasteiger partial charge in [-0.15, -0.1) is 12.4 Å². The van der Waals surface area contributed by atoms with E-state index in [4.69, 9.17) is 10.00 Å². The quantitative estimate of drug-likeness (QED) is 0.592. The minimum atomic E-state index is -5.76. The molecule has 2 bridgehead atoms. The third kappa shape index (κ3) is 4.76. The summed E-state index contributed by atoms with van der Waals surface area (Å²) in [6.45, 7) is -0.313. The first-order chi connectivity index (χ1) is 13.0. The number of sulfonamides is 1. The zero-order valence-corrected chi connectivity index (χ0v) is 16.6. The fraction of sp³-hybridized carbons (Fsp3) is 0.800. The molecule has 2 amide bonds. The highest BCUT2D eigenvalue weighted by Gasteiger charge is 2.51. The van der Waals surface area contributed by atoms with Gasteiger partial charge in [-0.1, -0.05) is 0 Å². The lowest BCUT2D eigenvalue weighted by atomic mass is 9.97. The van der Waals surface area contributed by atoms with Crippen molar-refractivity contribution in [2.24, 2.45) is 5.92 Å². The number of alkyl halides is 3. The normalized spacial score (nSPS) is 31.2. The van der Waals surface area contributed by atoms with Crippen molar-refractivity contribution in [3.05, 3.63) is 0 Å². The second-order valence-electron chi connectivity index (χ2n) is 7.12. The second-order valence-corrected chi connectivity index (χ2v) is 8.80. The second kappa shape index (κ2) is 8.63. The van der Waals surface area contributed by atoms with E-state index in [9.17, 15) is 31.2 Å². The van der Waals surface area contributed by atoms with Gasteiger partial charge in [-0.25, -0.2) is 4.72 Å². The van der Waals surface area contributed by atoms with Crippen molar-refractivity contribution in [3.63, 3.8) is 0 Å². The predicted molar refractivity (Wildman–Crippen MR) is 93.9 cm³/mol. The summed E-state index contributed by atoms with van der Waals surface area (Å²) in [5, 5.41) is 12.2. The molecule has 0 radical (unpaired) electrons. The molecule has 1 saturated carbocycles. The standard InChI is InChI=1S/C15H19F3N4O5S.ClH/c16-15(17,18)28(25,26)21-12(23)7-27-11-5-8-4-10(11)20-13(8)14(24)22-3-1-2-9(22)6-19;/h8-11,13,20H,1-5,7H2,(H,21,23);1H/t8-,9-,10+,11+,13-;/m0./s1. The minimum absolute atomic E-state index is 0. The van der Waals surface area contributed by atoms with Gasteiger partial charge in [0.1, 0.15) is 12.6 Å². The van der Waals surface area contributed by atoms with Crippen LogP contribution in [0.5, 0.6) is 0 Å². The Kier molecular flexibility index (Phi) is 7.04. The number of ether oxygens (including phenoxy) is 1. The number of nitrogens with one attached hydrogen (secondary N) is 2. The van der Waals surface area contributed by atoms with Crippen molar-refractivity contribution >= 4 is 34.2 Å². The predicted octanol–water partition coefficient (Wildman–Crippen LogP) is 0.0242. The molecule has 9 nitrogen and oxygen atoms in total. The summed E-state index contributed by atoms with van der Waals surface area (Å²) in [6.07, 6.45) is 1.91. The van der Waals surface area contributed by atoms with Gasteiger partial charge in [0.15, 0.2) is 0 Å². The summed E-state index contributed by atoms with van der Waals surface area (Å²) < 4.78 is 64.7. The number of likely N-dealkylation sites (tertiary alicyclic amines) is 1. The van der Waals surface area contributed by atoms with Crippen LogP contribution in [-0.2, 0) is 24.3 Å². The van der Waals surface area contributed by atoms with Crippen LogP contribution in [0.1, 0.15) is 25.7 Å². The van der Waals surface area contributed by atoms with Crippen molar-refractivity contribution in [2.45, 2.75) is 55.4 Å². The maximum Gasteiger partial charge on any atom is 0.516 e. The summed E-state index contributed by atoms with van der Waals surface area (Å²) in [4.78, 5) is 25.7. The molecule has 14 heteroatoms. The number of piperidine rings is 1. The van der Waals surface area contributed by atoms with Crippen molar-refractivity contribution in [1.82, 2.24) is 14.9 Å². The van der Waals surface area contributed by atoms with E-state index in [0.29, 0.717) is 25.8 Å². The summed E-state index contributed by atoms with van der Waals surface area (Å²) >= 11 is 0. The SMILES string of the molecule is Cl.N#C[C@@H]1CCCN1C(=O)[C@H]1N[C@@H]2C[C@H]1C[C@H]2OCC(=O)NS(=O)(=O)C(F)(F)F. The van der Waals surface area contributed by atoms with Crippen molar-refractivity contribution in [2.75, 3.05) is 13.2 Å². The molecule has 2 N–H and O–H groups in total. The van der Waals surface area contributed by atoms with Crippen molar-refractivity contribution < 1.29 is 35.9 Å². The first kappa shape index (κ1) is 23.7. The number of rotatable bonds is 5. The van der Waals surface area contributed by atoms with E-state index >= 15 is 0 Å². The third-order valence-electron chi connectivity index (χ3n) is 5.34. The third-order valence-corrected chi connectivity index (χ3v) is 6.44. The molecule has 5 atom stereocenters. The highest BCUT2D eigenvalue weighted by molar-refractivity contribution is 7.90. The zero-order chi connectivity index (χ0) is 20.7. The van der Waals surface area contributed by atoms with Gasteiger partial charge >= 0.3 is 15.5 Å². The van der Waals surface area contributed by atoms with Gasteiger partial charge in [0.05, 0.1) is 18.2 Å². The molecule has 3 rings (SSSR count). The van der Waals surface area contributed by atoms with Crippen molar-refractivity contribution in [3.8, 4) is 6.07 Å². The van der Waals surface area contributed by atoms with Crippen LogP contribution in [0, 0.1) is 17.2 Å². The lowest BCUT2D eigenvalue weighted by Crippen LogP contribution is -2.54. The average molecular weight is 461 g/mol. The largest absolute Gasteiger partial charge is 0.516 e. The van der Waals surface area contributed by atoms with Crippen molar-refractivity contribution in [1.29, 1.82) is 5.26 Å². The molecule has 164 valence electrons. The van der Waals surface area contributed by atoms with Gasteiger partial charge in [-0.3, -0.25) is 9.59 Å². The summed E-state index contributed by atoms with van der Waals surface area (Å²) in [5.74, 6) is -1.64. The van der Waals surface area contributed by atoms with Gasteiger partial charge in [0.25, 0.3) is 5.91 Å². The lowest BCUT2D eigenvalue weighted by Gasteiger charge is -2.32. The van der Waals surface area contributed by atoms with E-state index in [1.165, 1.54) is 0 Å². The molecule has 0 aromatic rings. The molecule has 0 spiro atoms. The fourth-order valence-corrected chi connectivity index (χ4v) is 4.55. The Morgan fingerprint density at radius 1 is 1.31 bits per heavy atom. The molecule has 0 unspecified atom stereocenters. The maximum atomic E-state index is 12.7. The van der Waals surface area contributed by atoms with Crippen LogP contribution in [0.2, 0.25) is 0 Å². The number of hydrogen-bond acceptors (Lipinski definition) is 7. The molecule has 2 aliphatic heterocycles. The highest BCUT2D eigenvalue weighted by Crippen LogP contribution is 2.38. The van der Waals surface area contributed by atoms with Crippen LogP contribution in [0.15, 0.2) is 0 Å². The average Bonchev–Trinajstić information content (AvgIpc) is 3.32.